The van der Waals surface area contributed by atoms with E-state index in [0.29, 0.717) is 12.6 Å². The molecule has 1 saturated carbocycles. The van der Waals surface area contributed by atoms with Crippen LogP contribution in [0.15, 0.2) is 36.5 Å². The molecule has 0 saturated heterocycles. The summed E-state index contributed by atoms with van der Waals surface area (Å²) in [5.74, 6) is 0. The quantitative estimate of drug-likeness (QED) is 0.907. The molecule has 4 nitrogen and oxygen atoms in total. The van der Waals surface area contributed by atoms with Crippen molar-refractivity contribution in [3.05, 3.63) is 42.1 Å². The van der Waals surface area contributed by atoms with Gasteiger partial charge in [0, 0.05) is 24.2 Å². The van der Waals surface area contributed by atoms with Crippen LogP contribution in [0, 0.1) is 0 Å². The first-order chi connectivity index (χ1) is 10.3. The lowest BCUT2D eigenvalue weighted by atomic mass is 9.96. The molecule has 1 aromatic carbocycles. The molecule has 2 N–H and O–H groups in total. The highest BCUT2D eigenvalue weighted by Gasteiger charge is 2.15. The maximum absolute atomic E-state index is 11.9. The molecule has 110 valence electrons. The van der Waals surface area contributed by atoms with Crippen LogP contribution in [0.4, 0.5) is 4.79 Å². The van der Waals surface area contributed by atoms with Gasteiger partial charge in [-0.15, -0.1) is 0 Å². The van der Waals surface area contributed by atoms with E-state index in [2.05, 4.69) is 21.7 Å². The summed E-state index contributed by atoms with van der Waals surface area (Å²) in [5.41, 5.74) is 2.07. The zero-order valence-corrected chi connectivity index (χ0v) is 12.1. The number of carbonyl (C=O) groups excluding carboxylic acids is 1. The summed E-state index contributed by atoms with van der Waals surface area (Å²) in [7, 11) is 0. The molecule has 3 rings (SSSR count). The van der Waals surface area contributed by atoms with Crippen LogP contribution in [-0.2, 0) is 6.54 Å². The van der Waals surface area contributed by atoms with Crippen molar-refractivity contribution in [2.75, 3.05) is 0 Å². The zero-order chi connectivity index (χ0) is 14.5. The van der Waals surface area contributed by atoms with E-state index in [1.165, 1.54) is 19.3 Å². The van der Waals surface area contributed by atoms with Crippen LogP contribution in [0.1, 0.15) is 37.7 Å². The van der Waals surface area contributed by atoms with Crippen molar-refractivity contribution >= 4 is 16.9 Å². The fourth-order valence-electron chi connectivity index (χ4n) is 2.90. The van der Waals surface area contributed by atoms with E-state index in [1.54, 1.807) is 6.20 Å². The van der Waals surface area contributed by atoms with Gasteiger partial charge in [0.2, 0.25) is 0 Å². The number of nitrogens with zero attached hydrogens (tertiary/aromatic N) is 1. The van der Waals surface area contributed by atoms with Gasteiger partial charge < -0.3 is 10.6 Å². The molecule has 2 amide bonds. The molecule has 0 unspecified atom stereocenters. The molecule has 0 atom stereocenters. The number of amides is 2. The number of pyridine rings is 1. The van der Waals surface area contributed by atoms with Crippen LogP contribution in [0.3, 0.4) is 0 Å². The minimum Gasteiger partial charge on any atom is -0.335 e. The Hall–Kier alpha value is -2.10. The number of hydrogen-bond acceptors (Lipinski definition) is 2. The SMILES string of the molecule is O=C(NCc1ccc2ncccc2c1)NC1CCCCC1. The van der Waals surface area contributed by atoms with Gasteiger partial charge in [-0.25, -0.2) is 4.79 Å². The van der Waals surface area contributed by atoms with Gasteiger partial charge >= 0.3 is 6.03 Å². The topological polar surface area (TPSA) is 54.0 Å². The summed E-state index contributed by atoms with van der Waals surface area (Å²) >= 11 is 0. The Labute approximate surface area is 125 Å². The van der Waals surface area contributed by atoms with Gasteiger partial charge in [0.1, 0.15) is 0 Å². The number of hydrogen-bond donors (Lipinski definition) is 2. The van der Waals surface area contributed by atoms with Gasteiger partial charge in [-0.1, -0.05) is 31.4 Å². The van der Waals surface area contributed by atoms with E-state index in [0.717, 1.165) is 29.3 Å². The average Bonchev–Trinajstić information content (AvgIpc) is 2.54. The van der Waals surface area contributed by atoms with Gasteiger partial charge in [-0.2, -0.15) is 0 Å². The molecule has 21 heavy (non-hydrogen) atoms. The fraction of sp³-hybridized carbons (Fsp3) is 0.412. The Balaban J connectivity index is 1.54. The van der Waals surface area contributed by atoms with Gasteiger partial charge in [0.05, 0.1) is 5.52 Å². The van der Waals surface area contributed by atoms with Crippen molar-refractivity contribution in [1.29, 1.82) is 0 Å². The highest BCUT2D eigenvalue weighted by molar-refractivity contribution is 5.79. The van der Waals surface area contributed by atoms with Crippen molar-refractivity contribution in [2.24, 2.45) is 0 Å². The van der Waals surface area contributed by atoms with Crippen molar-refractivity contribution in [2.45, 2.75) is 44.7 Å². The Morgan fingerprint density at radius 2 is 2.05 bits per heavy atom. The Bertz CT molecular complexity index is 620. The number of benzene rings is 1. The number of aromatic nitrogens is 1. The summed E-state index contributed by atoms with van der Waals surface area (Å²) in [6.07, 6.45) is 7.75. The number of carbonyl (C=O) groups is 1. The van der Waals surface area contributed by atoms with E-state index in [9.17, 15) is 4.79 Å². The zero-order valence-electron chi connectivity index (χ0n) is 12.1. The van der Waals surface area contributed by atoms with Gasteiger partial charge in [0.25, 0.3) is 0 Å². The molecule has 0 spiro atoms. The molecular formula is C17H21N3O. The normalized spacial score (nSPS) is 15.8. The minimum atomic E-state index is -0.0619. The van der Waals surface area contributed by atoms with Crippen LogP contribution in [-0.4, -0.2) is 17.1 Å². The summed E-state index contributed by atoms with van der Waals surface area (Å²) in [5, 5.41) is 7.11. The summed E-state index contributed by atoms with van der Waals surface area (Å²) in [6, 6.07) is 10.3. The lowest BCUT2D eigenvalue weighted by Gasteiger charge is -2.22. The predicted molar refractivity (Wildman–Crippen MR) is 84.0 cm³/mol. The minimum absolute atomic E-state index is 0.0619. The van der Waals surface area contributed by atoms with Crippen molar-refractivity contribution < 1.29 is 4.79 Å². The van der Waals surface area contributed by atoms with Crippen LogP contribution < -0.4 is 10.6 Å². The Morgan fingerprint density at radius 3 is 2.90 bits per heavy atom. The summed E-state index contributed by atoms with van der Waals surface area (Å²) in [6.45, 7) is 0.545. The summed E-state index contributed by atoms with van der Waals surface area (Å²) in [4.78, 5) is 16.2. The molecule has 0 aliphatic heterocycles. The first-order valence-electron chi connectivity index (χ1n) is 7.69. The monoisotopic (exact) mass is 283 g/mol. The highest BCUT2D eigenvalue weighted by Crippen LogP contribution is 2.17. The summed E-state index contributed by atoms with van der Waals surface area (Å²) < 4.78 is 0. The Morgan fingerprint density at radius 1 is 1.19 bits per heavy atom. The second-order valence-electron chi connectivity index (χ2n) is 5.69. The standard InChI is InChI=1S/C17H21N3O/c21-17(20-15-6-2-1-3-7-15)19-12-13-8-9-16-14(11-13)5-4-10-18-16/h4-5,8-11,15H,1-3,6-7,12H2,(H2,19,20,21). The molecule has 1 heterocycles. The first kappa shape index (κ1) is 13.9. The average molecular weight is 283 g/mol. The van der Waals surface area contributed by atoms with Gasteiger partial charge in [0.15, 0.2) is 0 Å². The van der Waals surface area contributed by atoms with E-state index in [4.69, 9.17) is 0 Å². The molecule has 1 fully saturated rings. The third-order valence-electron chi connectivity index (χ3n) is 4.06. The van der Waals surface area contributed by atoms with E-state index in [-0.39, 0.29) is 6.03 Å². The van der Waals surface area contributed by atoms with Crippen molar-refractivity contribution in [1.82, 2.24) is 15.6 Å². The van der Waals surface area contributed by atoms with Crippen LogP contribution in [0.2, 0.25) is 0 Å². The lowest BCUT2D eigenvalue weighted by Crippen LogP contribution is -2.42. The third kappa shape index (κ3) is 3.72. The smallest absolute Gasteiger partial charge is 0.315 e. The van der Waals surface area contributed by atoms with Crippen molar-refractivity contribution in [3.63, 3.8) is 0 Å². The lowest BCUT2D eigenvalue weighted by molar-refractivity contribution is 0.232. The number of urea groups is 1. The van der Waals surface area contributed by atoms with E-state index in [1.807, 2.05) is 24.3 Å². The maximum Gasteiger partial charge on any atom is 0.315 e. The second kappa shape index (κ2) is 6.57. The molecule has 4 heteroatoms. The van der Waals surface area contributed by atoms with Gasteiger partial charge in [-0.3, -0.25) is 4.98 Å². The largest absolute Gasteiger partial charge is 0.335 e. The maximum atomic E-state index is 11.9. The third-order valence-corrected chi connectivity index (χ3v) is 4.06. The van der Waals surface area contributed by atoms with Crippen LogP contribution >= 0.6 is 0 Å². The second-order valence-corrected chi connectivity index (χ2v) is 5.69. The molecule has 0 radical (unpaired) electrons. The predicted octanol–water partition coefficient (Wildman–Crippen LogP) is 3.37. The van der Waals surface area contributed by atoms with E-state index >= 15 is 0 Å². The molecule has 1 aliphatic carbocycles. The van der Waals surface area contributed by atoms with E-state index < -0.39 is 0 Å². The molecule has 1 aliphatic rings. The van der Waals surface area contributed by atoms with Crippen LogP contribution in [0.25, 0.3) is 10.9 Å². The fourth-order valence-corrected chi connectivity index (χ4v) is 2.90. The first-order valence-corrected chi connectivity index (χ1v) is 7.69. The molecule has 2 aromatic rings. The Kier molecular flexibility index (Phi) is 4.34. The number of nitrogens with one attached hydrogen (secondary N) is 2. The number of rotatable bonds is 3. The molecular weight excluding hydrogens is 262 g/mol. The molecule has 1 aromatic heterocycles. The van der Waals surface area contributed by atoms with Crippen molar-refractivity contribution in [3.8, 4) is 0 Å². The van der Waals surface area contributed by atoms with Gasteiger partial charge in [-0.05, 0) is 36.6 Å². The molecule has 0 bridgehead atoms. The van der Waals surface area contributed by atoms with Crippen LogP contribution in [0.5, 0.6) is 0 Å². The highest BCUT2D eigenvalue weighted by atomic mass is 16.2. The number of fused-ring (bicyclic) bond motifs is 1.